The summed E-state index contributed by atoms with van der Waals surface area (Å²) in [5.41, 5.74) is 1.07. The number of imide groups is 1. The number of H-pyrrole nitrogens is 1. The molecule has 3 fully saturated rings. The molecular weight excluding hydrogens is 484 g/mol. The Kier molecular flexibility index (Phi) is 5.01. The number of carboxylic acids is 1. The van der Waals surface area contributed by atoms with Crippen LogP contribution in [0.4, 0.5) is 0 Å². The van der Waals surface area contributed by atoms with Crippen molar-refractivity contribution in [1.82, 2.24) is 9.88 Å². The fraction of sp³-hybridized carbons (Fsp3) is 0.478. The molecule has 4 aliphatic rings. The Labute approximate surface area is 202 Å². The quantitative estimate of drug-likeness (QED) is 0.604. The molecule has 7 unspecified atom stereocenters. The summed E-state index contributed by atoms with van der Waals surface area (Å²) in [6.45, 7) is 0.167. The van der Waals surface area contributed by atoms with E-state index in [9.17, 15) is 19.2 Å². The van der Waals surface area contributed by atoms with E-state index in [0.29, 0.717) is 5.02 Å². The highest BCUT2D eigenvalue weighted by Crippen LogP contribution is 2.68. The molecule has 2 aliphatic carbocycles. The van der Waals surface area contributed by atoms with Gasteiger partial charge in [-0.1, -0.05) is 35.1 Å². The minimum absolute atomic E-state index is 0.0209. The third-order valence-electron chi connectivity index (χ3n) is 7.82. The van der Waals surface area contributed by atoms with Crippen LogP contribution in [0, 0.1) is 29.6 Å². The SMILES string of the molecule is O=C(O)CCCN1C(=O)C2C3CC(C2C1=O)C1C(c2ccc(Cl)cc2)c2sc(=O)[nH]c2SC31. The number of nitrogens with one attached hydrogen (secondary N) is 1. The Hall–Kier alpha value is -2.10. The van der Waals surface area contributed by atoms with E-state index in [4.69, 9.17) is 16.7 Å². The molecule has 2 bridgehead atoms. The number of aromatic amines is 1. The summed E-state index contributed by atoms with van der Waals surface area (Å²) in [4.78, 5) is 55.0. The van der Waals surface area contributed by atoms with Crippen molar-refractivity contribution in [2.24, 2.45) is 29.6 Å². The average molecular weight is 505 g/mol. The highest BCUT2D eigenvalue weighted by Gasteiger charge is 2.69. The lowest BCUT2D eigenvalue weighted by atomic mass is 9.68. The molecule has 10 heteroatoms. The highest BCUT2D eigenvalue weighted by molar-refractivity contribution is 8.00. The van der Waals surface area contributed by atoms with Crippen molar-refractivity contribution < 1.29 is 19.5 Å². The molecule has 2 N–H and O–H groups in total. The van der Waals surface area contributed by atoms with Crippen LogP contribution in [0.2, 0.25) is 5.02 Å². The zero-order chi connectivity index (χ0) is 23.0. The maximum atomic E-state index is 13.4. The van der Waals surface area contributed by atoms with Gasteiger partial charge in [0.2, 0.25) is 11.8 Å². The Balaban J connectivity index is 1.37. The molecule has 1 aromatic carbocycles. The third-order valence-corrected chi connectivity index (χ3v) is 10.7. The number of aliphatic carboxylic acids is 1. The number of halogens is 1. The molecule has 0 radical (unpaired) electrons. The molecule has 2 saturated carbocycles. The van der Waals surface area contributed by atoms with Gasteiger partial charge in [-0.3, -0.25) is 24.1 Å². The van der Waals surface area contributed by atoms with Gasteiger partial charge in [0.15, 0.2) is 0 Å². The zero-order valence-electron chi connectivity index (χ0n) is 17.4. The topological polar surface area (TPSA) is 108 Å². The largest absolute Gasteiger partial charge is 0.481 e. The van der Waals surface area contributed by atoms with Gasteiger partial charge in [-0.05, 0) is 48.3 Å². The summed E-state index contributed by atoms with van der Waals surface area (Å²) >= 11 is 9.02. The minimum Gasteiger partial charge on any atom is -0.481 e. The number of hydrogen-bond donors (Lipinski definition) is 2. The summed E-state index contributed by atoms with van der Waals surface area (Å²) in [7, 11) is 0. The highest BCUT2D eigenvalue weighted by atomic mass is 35.5. The van der Waals surface area contributed by atoms with Crippen LogP contribution < -0.4 is 4.87 Å². The number of thiazole rings is 1. The molecule has 3 heterocycles. The number of likely N-dealkylation sites (tertiary alicyclic amines) is 1. The molecule has 2 aromatic rings. The number of hydrogen-bond acceptors (Lipinski definition) is 6. The number of amides is 2. The standard InChI is InChI=1S/C23H21ClN2O5S2/c24-10-5-3-9(4-6-10)14-15-11-8-12(18(15)32-20-19(14)33-23(31)25-20)17-16(11)21(29)26(22(17)30)7-1-2-13(27)28/h3-6,11-12,14-18H,1-2,7-8H2,(H,25,31)(H,27,28). The van der Waals surface area contributed by atoms with E-state index in [1.54, 1.807) is 11.8 Å². The molecule has 7 nitrogen and oxygen atoms in total. The van der Waals surface area contributed by atoms with Crippen molar-refractivity contribution >= 4 is 52.5 Å². The fourth-order valence-electron chi connectivity index (χ4n) is 6.73. The van der Waals surface area contributed by atoms with E-state index in [1.807, 2.05) is 24.3 Å². The van der Waals surface area contributed by atoms with Crippen LogP contribution in [0.1, 0.15) is 35.6 Å². The van der Waals surface area contributed by atoms with Crippen LogP contribution in [0.15, 0.2) is 34.1 Å². The van der Waals surface area contributed by atoms with Crippen molar-refractivity contribution in [1.29, 1.82) is 0 Å². The Morgan fingerprint density at radius 1 is 1.12 bits per heavy atom. The second-order valence-electron chi connectivity index (χ2n) is 9.34. The molecular formula is C23H21ClN2O5S2. The van der Waals surface area contributed by atoms with E-state index < -0.39 is 5.97 Å². The van der Waals surface area contributed by atoms with Crippen LogP contribution >= 0.6 is 34.7 Å². The van der Waals surface area contributed by atoms with Crippen molar-refractivity contribution in [3.8, 4) is 0 Å². The van der Waals surface area contributed by atoms with E-state index in [0.717, 1.165) is 21.9 Å². The van der Waals surface area contributed by atoms with Gasteiger partial charge in [0.05, 0.1) is 16.9 Å². The number of nitrogens with zero attached hydrogens (tertiary/aromatic N) is 1. The third kappa shape index (κ3) is 3.15. The van der Waals surface area contributed by atoms with E-state index >= 15 is 0 Å². The van der Waals surface area contributed by atoms with Crippen LogP contribution in [-0.2, 0) is 14.4 Å². The number of aromatic nitrogens is 1. The first-order chi connectivity index (χ1) is 15.8. The molecule has 1 saturated heterocycles. The van der Waals surface area contributed by atoms with Crippen molar-refractivity contribution in [3.05, 3.63) is 49.4 Å². The van der Waals surface area contributed by atoms with Gasteiger partial charge in [-0.2, -0.15) is 0 Å². The predicted octanol–water partition coefficient (Wildman–Crippen LogP) is 3.43. The predicted molar refractivity (Wildman–Crippen MR) is 124 cm³/mol. The van der Waals surface area contributed by atoms with Gasteiger partial charge in [0.1, 0.15) is 0 Å². The summed E-state index contributed by atoms with van der Waals surface area (Å²) in [6, 6.07) is 7.70. The first kappa shape index (κ1) is 21.4. The molecule has 7 atom stereocenters. The summed E-state index contributed by atoms with van der Waals surface area (Å²) < 4.78 is 0. The summed E-state index contributed by atoms with van der Waals surface area (Å²) in [5.74, 6) is -1.64. The maximum Gasteiger partial charge on any atom is 0.305 e. The Morgan fingerprint density at radius 2 is 1.82 bits per heavy atom. The number of thioether (sulfide) groups is 1. The monoisotopic (exact) mass is 504 g/mol. The second kappa shape index (κ2) is 7.71. The molecule has 2 amide bonds. The van der Waals surface area contributed by atoms with Crippen molar-refractivity contribution in [3.63, 3.8) is 0 Å². The number of carbonyl (C=O) groups excluding carboxylic acids is 2. The smallest absolute Gasteiger partial charge is 0.305 e. The lowest BCUT2D eigenvalue weighted by Crippen LogP contribution is -2.42. The molecule has 33 heavy (non-hydrogen) atoms. The summed E-state index contributed by atoms with van der Waals surface area (Å²) in [6.07, 6.45) is 1.04. The van der Waals surface area contributed by atoms with Crippen LogP contribution in [-0.4, -0.2) is 44.6 Å². The zero-order valence-corrected chi connectivity index (χ0v) is 19.8. The van der Waals surface area contributed by atoms with Gasteiger partial charge in [0, 0.05) is 34.0 Å². The number of benzene rings is 1. The Morgan fingerprint density at radius 3 is 2.52 bits per heavy atom. The van der Waals surface area contributed by atoms with Gasteiger partial charge in [0.25, 0.3) is 0 Å². The van der Waals surface area contributed by atoms with Crippen LogP contribution in [0.5, 0.6) is 0 Å². The second-order valence-corrected chi connectivity index (χ2v) is 12.0. The van der Waals surface area contributed by atoms with E-state index in [1.165, 1.54) is 16.2 Å². The number of carboxylic acid groups (broad SMARTS) is 1. The van der Waals surface area contributed by atoms with Crippen molar-refractivity contribution in [2.75, 3.05) is 6.54 Å². The van der Waals surface area contributed by atoms with Crippen molar-refractivity contribution in [2.45, 2.75) is 35.5 Å². The number of fused-ring (bicyclic) bond motifs is 9. The summed E-state index contributed by atoms with van der Waals surface area (Å²) in [5, 5.41) is 10.6. The number of carbonyl (C=O) groups is 3. The normalized spacial score (nSPS) is 33.8. The average Bonchev–Trinajstić information content (AvgIpc) is 3.49. The molecule has 2 aliphatic heterocycles. The fourth-order valence-corrected chi connectivity index (χ4v) is 9.75. The first-order valence-electron chi connectivity index (χ1n) is 11.1. The lowest BCUT2D eigenvalue weighted by molar-refractivity contribution is -0.142. The van der Waals surface area contributed by atoms with Gasteiger partial charge in [-0.15, -0.1) is 11.8 Å². The number of rotatable bonds is 5. The maximum absolute atomic E-state index is 13.4. The van der Waals surface area contributed by atoms with E-state index in [2.05, 4.69) is 4.98 Å². The van der Waals surface area contributed by atoms with Gasteiger partial charge < -0.3 is 10.1 Å². The van der Waals surface area contributed by atoms with E-state index in [-0.39, 0.29) is 76.8 Å². The van der Waals surface area contributed by atoms with Crippen LogP contribution in [0.25, 0.3) is 0 Å². The van der Waals surface area contributed by atoms with Crippen LogP contribution in [0.3, 0.4) is 0 Å². The van der Waals surface area contributed by atoms with Gasteiger partial charge in [-0.25, -0.2) is 0 Å². The Bertz CT molecular complexity index is 1220. The molecule has 1 aromatic heterocycles. The molecule has 6 rings (SSSR count). The van der Waals surface area contributed by atoms with Gasteiger partial charge >= 0.3 is 10.8 Å². The molecule has 0 spiro atoms. The first-order valence-corrected chi connectivity index (χ1v) is 13.1. The lowest BCUT2D eigenvalue weighted by Gasteiger charge is -2.43. The molecule has 172 valence electrons. The minimum atomic E-state index is -0.928.